The van der Waals surface area contributed by atoms with Crippen molar-refractivity contribution in [2.45, 2.75) is 39.7 Å². The maximum atomic E-state index is 12.2. The Hall–Kier alpha value is -1.72. The molecule has 0 bridgehead atoms. The smallest absolute Gasteiger partial charge is 0.234 e. The van der Waals surface area contributed by atoms with Crippen molar-refractivity contribution in [3.63, 3.8) is 0 Å². The van der Waals surface area contributed by atoms with Crippen LogP contribution in [-0.4, -0.2) is 47.1 Å². The van der Waals surface area contributed by atoms with E-state index in [4.69, 9.17) is 0 Å². The van der Waals surface area contributed by atoms with Crippen molar-refractivity contribution in [3.05, 3.63) is 41.7 Å². The second-order valence-electron chi connectivity index (χ2n) is 7.06. The van der Waals surface area contributed by atoms with Gasteiger partial charge in [-0.05, 0) is 51.8 Å². The lowest BCUT2D eigenvalue weighted by Gasteiger charge is -2.41. The number of allylic oxidation sites excluding steroid dienone is 2. The summed E-state index contributed by atoms with van der Waals surface area (Å²) in [7, 11) is 0. The highest BCUT2D eigenvalue weighted by Gasteiger charge is 2.34. The maximum absolute atomic E-state index is 12.2. The number of hydrogen-bond donors (Lipinski definition) is 2. The third-order valence-electron chi connectivity index (χ3n) is 4.58. The zero-order chi connectivity index (χ0) is 17.4. The molecule has 1 amide bonds. The van der Waals surface area contributed by atoms with Crippen LogP contribution in [0.4, 0.5) is 0 Å². The Kier molecular flexibility index (Phi) is 6.94. The first-order valence-corrected chi connectivity index (χ1v) is 8.66. The van der Waals surface area contributed by atoms with Gasteiger partial charge in [-0.2, -0.15) is 0 Å². The molecule has 0 saturated carbocycles. The summed E-state index contributed by atoms with van der Waals surface area (Å²) in [4.78, 5) is 18.6. The highest BCUT2D eigenvalue weighted by molar-refractivity contribution is 5.77. The van der Waals surface area contributed by atoms with Gasteiger partial charge in [0.2, 0.25) is 5.91 Å². The summed E-state index contributed by atoms with van der Waals surface area (Å²) in [5.41, 5.74) is 2.02. The van der Waals surface area contributed by atoms with Gasteiger partial charge in [0.05, 0.1) is 25.4 Å². The second-order valence-corrected chi connectivity index (χ2v) is 7.06. The lowest BCUT2D eigenvalue weighted by atomic mass is 9.77. The number of nitrogens with zero attached hydrogens (tertiary/aromatic N) is 2. The van der Waals surface area contributed by atoms with Gasteiger partial charge in [0.25, 0.3) is 0 Å². The van der Waals surface area contributed by atoms with E-state index in [0.717, 1.165) is 38.0 Å². The number of rotatable bonds is 7. The predicted molar refractivity (Wildman–Crippen MR) is 95.3 cm³/mol. The number of carbonyl (C=O) groups excluding carboxylic acids is 1. The molecule has 2 N–H and O–H groups in total. The minimum atomic E-state index is -0.114. The van der Waals surface area contributed by atoms with Crippen LogP contribution in [0.25, 0.3) is 0 Å². The maximum Gasteiger partial charge on any atom is 0.234 e. The van der Waals surface area contributed by atoms with E-state index in [2.05, 4.69) is 35.1 Å². The summed E-state index contributed by atoms with van der Waals surface area (Å²) < 4.78 is 0. The van der Waals surface area contributed by atoms with E-state index in [-0.39, 0.29) is 17.9 Å². The molecule has 1 atom stereocenters. The van der Waals surface area contributed by atoms with Crippen LogP contribution in [0.15, 0.2) is 36.0 Å². The van der Waals surface area contributed by atoms with Crippen molar-refractivity contribution in [1.29, 1.82) is 0 Å². The lowest BCUT2D eigenvalue weighted by molar-refractivity contribution is -0.123. The minimum absolute atomic E-state index is 0.0107. The van der Waals surface area contributed by atoms with Gasteiger partial charge in [-0.25, -0.2) is 0 Å². The van der Waals surface area contributed by atoms with E-state index in [1.54, 1.807) is 6.20 Å². The van der Waals surface area contributed by atoms with Crippen LogP contribution in [0.5, 0.6) is 0 Å². The van der Waals surface area contributed by atoms with Gasteiger partial charge in [-0.3, -0.25) is 14.7 Å². The Balaban J connectivity index is 1.85. The van der Waals surface area contributed by atoms with Crippen LogP contribution in [0.1, 0.15) is 38.8 Å². The number of piperidine rings is 1. The van der Waals surface area contributed by atoms with Crippen LogP contribution in [0.3, 0.4) is 0 Å². The van der Waals surface area contributed by atoms with Gasteiger partial charge < -0.3 is 10.4 Å². The fourth-order valence-corrected chi connectivity index (χ4v) is 3.18. The van der Waals surface area contributed by atoms with Gasteiger partial charge in [0.1, 0.15) is 0 Å². The summed E-state index contributed by atoms with van der Waals surface area (Å²) >= 11 is 0. The summed E-state index contributed by atoms with van der Waals surface area (Å²) in [5, 5.41) is 12.8. The first kappa shape index (κ1) is 18.6. The van der Waals surface area contributed by atoms with Crippen molar-refractivity contribution in [1.82, 2.24) is 15.2 Å². The molecule has 0 spiro atoms. The predicted octanol–water partition coefficient (Wildman–Crippen LogP) is 2.13. The van der Waals surface area contributed by atoms with Crippen molar-refractivity contribution >= 4 is 5.91 Å². The van der Waals surface area contributed by atoms with E-state index < -0.39 is 0 Å². The first-order valence-electron chi connectivity index (χ1n) is 8.66. The average Bonchev–Trinajstić information content (AvgIpc) is 2.59. The van der Waals surface area contributed by atoms with Crippen LogP contribution in [0.2, 0.25) is 0 Å². The average molecular weight is 331 g/mol. The molecule has 0 unspecified atom stereocenters. The van der Waals surface area contributed by atoms with Gasteiger partial charge in [0, 0.05) is 18.2 Å². The standard InChI is InChI=1S/C19H29N3O2/c1-16(2)7-9-19(15-23)8-5-11-22(14-19)13-18(24)21-12-17-6-3-4-10-20-17/h3-4,6-7,10,23H,5,8-9,11-15H2,1-2H3,(H,21,24)/t19-/m1/s1. The molecule has 5 nitrogen and oxygen atoms in total. The molecule has 0 radical (unpaired) electrons. The van der Waals surface area contributed by atoms with E-state index >= 15 is 0 Å². The number of pyridine rings is 1. The van der Waals surface area contributed by atoms with Gasteiger partial charge in [0.15, 0.2) is 0 Å². The van der Waals surface area contributed by atoms with Crippen molar-refractivity contribution < 1.29 is 9.90 Å². The highest BCUT2D eigenvalue weighted by atomic mass is 16.3. The van der Waals surface area contributed by atoms with Gasteiger partial charge >= 0.3 is 0 Å². The molecule has 132 valence electrons. The Bertz CT molecular complexity index is 555. The molecular formula is C19H29N3O2. The van der Waals surface area contributed by atoms with Crippen molar-refractivity contribution in [3.8, 4) is 0 Å². The van der Waals surface area contributed by atoms with E-state index in [9.17, 15) is 9.90 Å². The zero-order valence-corrected chi connectivity index (χ0v) is 14.8. The van der Waals surface area contributed by atoms with Crippen LogP contribution >= 0.6 is 0 Å². The Morgan fingerprint density at radius 3 is 2.96 bits per heavy atom. The topological polar surface area (TPSA) is 65.5 Å². The first-order chi connectivity index (χ1) is 11.5. The van der Waals surface area contributed by atoms with Gasteiger partial charge in [-0.1, -0.05) is 17.7 Å². The zero-order valence-electron chi connectivity index (χ0n) is 14.8. The third-order valence-corrected chi connectivity index (χ3v) is 4.58. The van der Waals surface area contributed by atoms with E-state index in [1.165, 1.54) is 5.57 Å². The highest BCUT2D eigenvalue weighted by Crippen LogP contribution is 2.33. The second kappa shape index (κ2) is 8.94. The molecule has 2 rings (SSSR count). The summed E-state index contributed by atoms with van der Waals surface area (Å²) in [6, 6.07) is 5.68. The molecule has 5 heteroatoms. The molecule has 1 aliphatic heterocycles. The normalized spacial score (nSPS) is 21.3. The van der Waals surface area contributed by atoms with Gasteiger partial charge in [-0.15, -0.1) is 0 Å². The van der Waals surface area contributed by atoms with E-state index in [1.807, 2.05) is 18.2 Å². The Morgan fingerprint density at radius 2 is 2.29 bits per heavy atom. The number of carbonyl (C=O) groups is 1. The fraction of sp³-hybridized carbons (Fsp3) is 0.579. The number of aromatic nitrogens is 1. The summed E-state index contributed by atoms with van der Waals surface area (Å²) in [5.74, 6) is 0.0107. The molecule has 1 fully saturated rings. The lowest BCUT2D eigenvalue weighted by Crippen LogP contribution is -2.48. The third kappa shape index (κ3) is 5.73. The van der Waals surface area contributed by atoms with Crippen LogP contribution < -0.4 is 5.32 Å². The molecule has 1 aromatic rings. The number of nitrogens with one attached hydrogen (secondary N) is 1. The fourth-order valence-electron chi connectivity index (χ4n) is 3.18. The summed E-state index contributed by atoms with van der Waals surface area (Å²) in [6.07, 6.45) is 6.83. The molecule has 2 heterocycles. The molecule has 24 heavy (non-hydrogen) atoms. The molecule has 1 saturated heterocycles. The summed E-state index contributed by atoms with van der Waals surface area (Å²) in [6.45, 7) is 6.84. The van der Waals surface area contributed by atoms with Crippen LogP contribution in [-0.2, 0) is 11.3 Å². The molecular weight excluding hydrogens is 302 g/mol. The molecule has 0 aliphatic carbocycles. The van der Waals surface area contributed by atoms with Crippen LogP contribution in [0, 0.1) is 5.41 Å². The Morgan fingerprint density at radius 1 is 1.46 bits per heavy atom. The largest absolute Gasteiger partial charge is 0.396 e. The Labute approximate surface area is 144 Å². The number of aliphatic hydroxyl groups is 1. The monoisotopic (exact) mass is 331 g/mol. The number of aliphatic hydroxyl groups excluding tert-OH is 1. The minimum Gasteiger partial charge on any atom is -0.396 e. The molecule has 1 aliphatic rings. The SMILES string of the molecule is CC(C)=CC[C@]1(CO)CCCN(CC(=O)NCc2ccccn2)C1. The number of amides is 1. The quantitative estimate of drug-likeness (QED) is 0.751. The van der Waals surface area contributed by atoms with E-state index in [0.29, 0.717) is 13.1 Å². The molecule has 0 aromatic carbocycles. The van der Waals surface area contributed by atoms with Crippen molar-refractivity contribution in [2.75, 3.05) is 26.2 Å². The number of hydrogen-bond acceptors (Lipinski definition) is 4. The van der Waals surface area contributed by atoms with Crippen molar-refractivity contribution in [2.24, 2.45) is 5.41 Å². The number of likely N-dealkylation sites (tertiary alicyclic amines) is 1. The molecule has 1 aromatic heterocycles.